The van der Waals surface area contributed by atoms with Gasteiger partial charge in [0.15, 0.2) is 9.84 Å². The Morgan fingerprint density at radius 2 is 1.69 bits per heavy atom. The van der Waals surface area contributed by atoms with E-state index in [-0.39, 0.29) is 17.3 Å². The molecule has 1 saturated heterocycles. The van der Waals surface area contributed by atoms with Gasteiger partial charge in [0, 0.05) is 35.9 Å². The quantitative estimate of drug-likeness (QED) is 0.476. The molecule has 1 N–H and O–H groups in total. The highest BCUT2D eigenvalue weighted by atomic mass is 32.2. The van der Waals surface area contributed by atoms with Crippen LogP contribution in [0, 0.1) is 0 Å². The largest absolute Gasteiger partial charge is 0.341 e. The van der Waals surface area contributed by atoms with Gasteiger partial charge in [-0.15, -0.1) is 0 Å². The summed E-state index contributed by atoms with van der Waals surface area (Å²) in [6.45, 7) is 3.69. The van der Waals surface area contributed by atoms with Gasteiger partial charge in [0.1, 0.15) is 12.3 Å². The number of likely N-dealkylation sites (tertiary alicyclic amines) is 1. The van der Waals surface area contributed by atoms with E-state index in [1.54, 1.807) is 34.9 Å². The number of hydrogen-bond acceptors (Lipinski definition) is 4. The molecule has 8 heteroatoms. The third-order valence-electron chi connectivity index (χ3n) is 6.48. The summed E-state index contributed by atoms with van der Waals surface area (Å²) in [4.78, 5) is 27.4. The number of hydrogen-bond donors (Lipinski definition) is 1. The molecular formula is C27H33N3O4S. The minimum atomic E-state index is -3.92. The molecule has 1 aromatic heterocycles. The average Bonchev–Trinajstić information content (AvgIpc) is 3.23. The van der Waals surface area contributed by atoms with Crippen LogP contribution in [0.15, 0.2) is 59.6 Å². The molecule has 4 rings (SSSR count). The van der Waals surface area contributed by atoms with Crippen LogP contribution in [0.1, 0.15) is 44.6 Å². The van der Waals surface area contributed by atoms with Gasteiger partial charge in [-0.25, -0.2) is 8.42 Å². The van der Waals surface area contributed by atoms with E-state index in [9.17, 15) is 18.0 Å². The zero-order valence-electron chi connectivity index (χ0n) is 20.2. The highest BCUT2D eigenvalue weighted by molar-refractivity contribution is 7.92. The molecule has 2 aromatic carbocycles. The van der Waals surface area contributed by atoms with Crippen molar-refractivity contribution < 1.29 is 18.0 Å². The maximum Gasteiger partial charge on any atom is 0.242 e. The lowest BCUT2D eigenvalue weighted by molar-refractivity contribution is -0.132. The first kappa shape index (κ1) is 25.0. The summed E-state index contributed by atoms with van der Waals surface area (Å²) in [6, 6.07) is 14.6. The van der Waals surface area contributed by atoms with Crippen molar-refractivity contribution in [2.75, 3.05) is 24.2 Å². The predicted molar refractivity (Wildman–Crippen MR) is 138 cm³/mol. The van der Waals surface area contributed by atoms with E-state index in [1.165, 1.54) is 11.8 Å². The Balaban J connectivity index is 1.49. The molecule has 1 aliphatic rings. The monoisotopic (exact) mass is 495 g/mol. The van der Waals surface area contributed by atoms with Crippen molar-refractivity contribution in [1.82, 2.24) is 9.47 Å². The number of benzene rings is 2. The summed E-state index contributed by atoms with van der Waals surface area (Å²) in [6.07, 6.45) is 7.80. The van der Waals surface area contributed by atoms with E-state index in [4.69, 9.17) is 0 Å². The van der Waals surface area contributed by atoms with Crippen molar-refractivity contribution in [1.29, 1.82) is 0 Å². The number of piperidine rings is 1. The van der Waals surface area contributed by atoms with Crippen molar-refractivity contribution in [2.45, 2.75) is 56.9 Å². The predicted octanol–water partition coefficient (Wildman–Crippen LogP) is 4.41. The molecule has 35 heavy (non-hydrogen) atoms. The first-order valence-electron chi connectivity index (χ1n) is 12.3. The molecule has 1 aliphatic heterocycles. The van der Waals surface area contributed by atoms with E-state index < -0.39 is 21.5 Å². The van der Waals surface area contributed by atoms with Crippen LogP contribution in [0.3, 0.4) is 0 Å². The van der Waals surface area contributed by atoms with Crippen LogP contribution in [0.4, 0.5) is 5.69 Å². The van der Waals surface area contributed by atoms with Gasteiger partial charge in [-0.2, -0.15) is 0 Å². The summed E-state index contributed by atoms with van der Waals surface area (Å²) in [5, 5.41) is 3.22. The molecule has 0 unspecified atom stereocenters. The van der Waals surface area contributed by atoms with Crippen molar-refractivity contribution in [3.8, 4) is 0 Å². The molecule has 2 amide bonds. The minimum absolute atomic E-state index is 0.0190. The molecule has 7 nitrogen and oxygen atoms in total. The van der Waals surface area contributed by atoms with Gasteiger partial charge in [-0.05, 0) is 55.9 Å². The Morgan fingerprint density at radius 3 is 2.40 bits per heavy atom. The topological polar surface area (TPSA) is 88.5 Å². The lowest BCUT2D eigenvalue weighted by Gasteiger charge is -2.27. The van der Waals surface area contributed by atoms with Crippen LogP contribution in [-0.2, 0) is 32.4 Å². The molecule has 2 heterocycles. The fraction of sp³-hybridized carbons (Fsp3) is 0.407. The fourth-order valence-electron chi connectivity index (χ4n) is 4.56. The Bertz CT molecular complexity index is 1290. The second-order valence-corrected chi connectivity index (χ2v) is 11.1. The zero-order chi connectivity index (χ0) is 24.8. The molecule has 0 radical (unpaired) electrons. The molecule has 0 spiro atoms. The minimum Gasteiger partial charge on any atom is -0.341 e. The number of unbranched alkanes of at least 4 members (excludes halogenated alkanes) is 1. The lowest BCUT2D eigenvalue weighted by Crippen LogP contribution is -2.37. The number of amides is 2. The molecule has 1 fully saturated rings. The second kappa shape index (κ2) is 11.1. The van der Waals surface area contributed by atoms with Gasteiger partial charge in [-0.3, -0.25) is 9.59 Å². The van der Waals surface area contributed by atoms with E-state index in [0.29, 0.717) is 16.6 Å². The van der Waals surface area contributed by atoms with E-state index in [1.807, 2.05) is 23.1 Å². The van der Waals surface area contributed by atoms with Crippen LogP contribution in [0.2, 0.25) is 0 Å². The Morgan fingerprint density at radius 1 is 0.971 bits per heavy atom. The van der Waals surface area contributed by atoms with Gasteiger partial charge in [0.25, 0.3) is 0 Å². The maximum absolute atomic E-state index is 13.3. The summed E-state index contributed by atoms with van der Waals surface area (Å²) in [7, 11) is -3.92. The first-order valence-corrected chi connectivity index (χ1v) is 14.0. The van der Waals surface area contributed by atoms with E-state index in [2.05, 4.69) is 12.2 Å². The van der Waals surface area contributed by atoms with Gasteiger partial charge < -0.3 is 14.8 Å². The van der Waals surface area contributed by atoms with Crippen LogP contribution in [0.5, 0.6) is 0 Å². The smallest absolute Gasteiger partial charge is 0.242 e. The molecule has 0 aliphatic carbocycles. The third kappa shape index (κ3) is 6.11. The van der Waals surface area contributed by atoms with Gasteiger partial charge in [0.05, 0.1) is 4.90 Å². The van der Waals surface area contributed by atoms with Crippen molar-refractivity contribution in [2.24, 2.45) is 0 Å². The summed E-state index contributed by atoms with van der Waals surface area (Å²) >= 11 is 0. The molecule has 0 bridgehead atoms. The van der Waals surface area contributed by atoms with Gasteiger partial charge in [-0.1, -0.05) is 43.7 Å². The van der Waals surface area contributed by atoms with Crippen LogP contribution in [-0.4, -0.2) is 48.5 Å². The SMILES string of the molecule is CCCCc1ccc(NC(=O)CS(=O)(=O)c2cn(CC(=O)N3CCCCC3)c3ccccc23)cc1. The van der Waals surface area contributed by atoms with Gasteiger partial charge in [0.2, 0.25) is 11.8 Å². The highest BCUT2D eigenvalue weighted by Crippen LogP contribution is 2.27. The first-order chi connectivity index (χ1) is 16.9. The average molecular weight is 496 g/mol. The normalized spacial score (nSPS) is 14.3. The number of carbonyl (C=O) groups is 2. The maximum atomic E-state index is 13.3. The Hall–Kier alpha value is -3.13. The van der Waals surface area contributed by atoms with Crippen LogP contribution < -0.4 is 5.32 Å². The fourth-order valence-corrected chi connectivity index (χ4v) is 5.93. The van der Waals surface area contributed by atoms with Crippen LogP contribution >= 0.6 is 0 Å². The summed E-state index contributed by atoms with van der Waals surface area (Å²) in [5.41, 5.74) is 2.42. The molecule has 0 atom stereocenters. The molecule has 3 aromatic rings. The number of carbonyl (C=O) groups excluding carboxylic acids is 2. The zero-order valence-corrected chi connectivity index (χ0v) is 21.0. The van der Waals surface area contributed by atoms with Gasteiger partial charge >= 0.3 is 0 Å². The number of sulfone groups is 1. The van der Waals surface area contributed by atoms with Crippen molar-refractivity contribution in [3.05, 3.63) is 60.3 Å². The number of fused-ring (bicyclic) bond motifs is 1. The second-order valence-electron chi connectivity index (χ2n) is 9.19. The number of anilines is 1. The number of aromatic nitrogens is 1. The highest BCUT2D eigenvalue weighted by Gasteiger charge is 2.26. The number of rotatable bonds is 9. The summed E-state index contributed by atoms with van der Waals surface area (Å²) < 4.78 is 28.2. The van der Waals surface area contributed by atoms with Crippen LogP contribution in [0.25, 0.3) is 10.9 Å². The number of nitrogens with zero attached hydrogens (tertiary/aromatic N) is 2. The van der Waals surface area contributed by atoms with E-state index in [0.717, 1.165) is 51.6 Å². The molecule has 0 saturated carbocycles. The van der Waals surface area contributed by atoms with E-state index >= 15 is 0 Å². The Labute approximate surface area is 207 Å². The number of nitrogens with one attached hydrogen (secondary N) is 1. The molecule has 186 valence electrons. The lowest BCUT2D eigenvalue weighted by atomic mass is 10.1. The number of para-hydroxylation sites is 1. The third-order valence-corrected chi connectivity index (χ3v) is 8.12. The molecular weight excluding hydrogens is 462 g/mol. The summed E-state index contributed by atoms with van der Waals surface area (Å²) in [5.74, 6) is -1.28. The van der Waals surface area contributed by atoms with Crippen molar-refractivity contribution >= 4 is 38.2 Å². The van der Waals surface area contributed by atoms with Crippen molar-refractivity contribution in [3.63, 3.8) is 0 Å². The number of aryl methyl sites for hydroxylation is 1. The standard InChI is InChI=1S/C27H33N3O4S/c1-2-3-9-21-12-14-22(15-13-21)28-26(31)20-35(33,34)25-18-30(24-11-6-5-10-23(24)25)19-27(32)29-16-7-4-8-17-29/h5-6,10-15,18H,2-4,7-9,16-17,19-20H2,1H3,(H,28,31). The Kier molecular flexibility index (Phi) is 7.90.